The molecule has 2 N–H and O–H groups in total. The van der Waals surface area contributed by atoms with Crippen LogP contribution in [0, 0.1) is 5.41 Å². The predicted octanol–water partition coefficient (Wildman–Crippen LogP) is 2.18. The lowest BCUT2D eigenvalue weighted by atomic mass is 9.76. The van der Waals surface area contributed by atoms with Crippen LogP contribution in [0.2, 0.25) is 0 Å². The summed E-state index contributed by atoms with van der Waals surface area (Å²) in [5, 5.41) is 19.1. The summed E-state index contributed by atoms with van der Waals surface area (Å²) in [6, 6.07) is 6.03. The van der Waals surface area contributed by atoms with E-state index < -0.39 is 12.0 Å². The van der Waals surface area contributed by atoms with Gasteiger partial charge in [-0.25, -0.2) is 0 Å². The molecule has 1 atom stereocenters. The van der Waals surface area contributed by atoms with Gasteiger partial charge in [-0.3, -0.25) is 14.5 Å². The summed E-state index contributed by atoms with van der Waals surface area (Å²) in [6.45, 7) is 4.97. The standard InChI is InChI=1S/C19H26N2O4/c1-2-8-21-13-19(12-16(21)18(24)25)6-9-20(10-7-19)17(23)14-4-3-5-15(22)11-14/h3-5,11,16,22H,2,6-10,12-13H2,1H3,(H,24,25)/t16-/m1/s1. The maximum absolute atomic E-state index is 12.6. The zero-order chi connectivity index (χ0) is 18.0. The molecule has 0 unspecified atom stereocenters. The fourth-order valence-electron chi connectivity index (χ4n) is 4.28. The molecule has 2 aliphatic rings. The van der Waals surface area contributed by atoms with Crippen molar-refractivity contribution < 1.29 is 19.8 Å². The van der Waals surface area contributed by atoms with E-state index in [1.165, 1.54) is 6.07 Å². The van der Waals surface area contributed by atoms with Gasteiger partial charge in [-0.1, -0.05) is 13.0 Å². The molecule has 1 spiro atoms. The highest BCUT2D eigenvalue weighted by Crippen LogP contribution is 2.43. The van der Waals surface area contributed by atoms with Gasteiger partial charge in [0.05, 0.1) is 0 Å². The minimum Gasteiger partial charge on any atom is -0.508 e. The van der Waals surface area contributed by atoms with E-state index in [1.54, 1.807) is 18.2 Å². The van der Waals surface area contributed by atoms with E-state index in [1.807, 2.05) is 4.90 Å². The Kier molecular flexibility index (Phi) is 4.99. The lowest BCUT2D eigenvalue weighted by Crippen LogP contribution is -2.44. The monoisotopic (exact) mass is 346 g/mol. The van der Waals surface area contributed by atoms with E-state index >= 15 is 0 Å². The van der Waals surface area contributed by atoms with Crippen molar-refractivity contribution in [3.8, 4) is 5.75 Å². The van der Waals surface area contributed by atoms with Crippen LogP contribution in [-0.2, 0) is 4.79 Å². The van der Waals surface area contributed by atoms with Crippen LogP contribution in [0.25, 0.3) is 0 Å². The smallest absolute Gasteiger partial charge is 0.320 e. The Balaban J connectivity index is 1.65. The van der Waals surface area contributed by atoms with Crippen molar-refractivity contribution >= 4 is 11.9 Å². The van der Waals surface area contributed by atoms with Crippen molar-refractivity contribution in [3.63, 3.8) is 0 Å². The maximum atomic E-state index is 12.6. The van der Waals surface area contributed by atoms with E-state index in [4.69, 9.17) is 0 Å². The van der Waals surface area contributed by atoms with Gasteiger partial charge >= 0.3 is 5.97 Å². The van der Waals surface area contributed by atoms with Crippen LogP contribution in [0.5, 0.6) is 5.75 Å². The molecule has 0 aromatic heterocycles. The third-order valence-corrected chi connectivity index (χ3v) is 5.61. The number of phenolic OH excluding ortho intramolecular Hbond substituents is 1. The van der Waals surface area contributed by atoms with Crippen molar-refractivity contribution in [2.75, 3.05) is 26.2 Å². The number of carboxylic acid groups (broad SMARTS) is 1. The van der Waals surface area contributed by atoms with E-state index in [-0.39, 0.29) is 17.1 Å². The molecule has 1 aromatic carbocycles. The average molecular weight is 346 g/mol. The molecule has 0 bridgehead atoms. The molecule has 2 heterocycles. The van der Waals surface area contributed by atoms with Crippen molar-refractivity contribution in [1.29, 1.82) is 0 Å². The highest BCUT2D eigenvalue weighted by molar-refractivity contribution is 5.94. The van der Waals surface area contributed by atoms with Crippen molar-refractivity contribution in [1.82, 2.24) is 9.80 Å². The van der Waals surface area contributed by atoms with Crippen LogP contribution in [0.4, 0.5) is 0 Å². The number of carbonyl (C=O) groups excluding carboxylic acids is 1. The highest BCUT2D eigenvalue weighted by atomic mass is 16.4. The molecule has 0 aliphatic carbocycles. The Hall–Kier alpha value is -2.08. The SMILES string of the molecule is CCCN1CC2(CCN(C(=O)c3cccc(O)c3)CC2)C[C@@H]1C(=O)O. The third kappa shape index (κ3) is 3.63. The first kappa shape index (κ1) is 17.7. The molecular weight excluding hydrogens is 320 g/mol. The Morgan fingerprint density at radius 2 is 2.00 bits per heavy atom. The molecule has 136 valence electrons. The quantitative estimate of drug-likeness (QED) is 0.873. The largest absolute Gasteiger partial charge is 0.508 e. The van der Waals surface area contributed by atoms with Crippen LogP contribution in [-0.4, -0.2) is 64.1 Å². The molecular formula is C19H26N2O4. The van der Waals surface area contributed by atoms with Gasteiger partial charge in [-0.15, -0.1) is 0 Å². The summed E-state index contributed by atoms with van der Waals surface area (Å²) in [4.78, 5) is 28.1. The van der Waals surface area contributed by atoms with Gasteiger partial charge in [-0.2, -0.15) is 0 Å². The summed E-state index contributed by atoms with van der Waals surface area (Å²) in [7, 11) is 0. The van der Waals surface area contributed by atoms with Crippen molar-refractivity contribution in [2.45, 2.75) is 38.6 Å². The zero-order valence-corrected chi connectivity index (χ0v) is 14.6. The fraction of sp³-hybridized carbons (Fsp3) is 0.579. The lowest BCUT2D eigenvalue weighted by Gasteiger charge is -2.39. The van der Waals surface area contributed by atoms with Gasteiger partial charge in [0.1, 0.15) is 11.8 Å². The Bertz CT molecular complexity index is 653. The summed E-state index contributed by atoms with van der Waals surface area (Å²) in [5.41, 5.74) is 0.506. The van der Waals surface area contributed by atoms with E-state index in [2.05, 4.69) is 11.8 Å². The number of phenols is 1. The first-order chi connectivity index (χ1) is 11.9. The third-order valence-electron chi connectivity index (χ3n) is 5.61. The first-order valence-electron chi connectivity index (χ1n) is 8.99. The second-order valence-electron chi connectivity index (χ2n) is 7.37. The van der Waals surface area contributed by atoms with E-state index in [0.717, 1.165) is 32.4 Å². The summed E-state index contributed by atoms with van der Waals surface area (Å²) in [6.07, 6.45) is 3.29. The number of amides is 1. The van der Waals surface area contributed by atoms with Gasteiger partial charge in [0.25, 0.3) is 5.91 Å². The number of piperidine rings is 1. The number of carbonyl (C=O) groups is 2. The molecule has 3 rings (SSSR count). The molecule has 2 fully saturated rings. The number of aromatic hydroxyl groups is 1. The number of hydrogen-bond acceptors (Lipinski definition) is 4. The molecule has 6 heteroatoms. The molecule has 2 aliphatic heterocycles. The predicted molar refractivity (Wildman–Crippen MR) is 93.6 cm³/mol. The minimum absolute atomic E-state index is 0.00777. The van der Waals surface area contributed by atoms with Crippen LogP contribution in [0.15, 0.2) is 24.3 Å². The second-order valence-corrected chi connectivity index (χ2v) is 7.37. The van der Waals surface area contributed by atoms with E-state index in [9.17, 15) is 19.8 Å². The molecule has 0 saturated carbocycles. The Labute approximate surface area is 148 Å². The highest BCUT2D eigenvalue weighted by Gasteiger charge is 2.48. The van der Waals surface area contributed by atoms with Crippen LogP contribution >= 0.6 is 0 Å². The number of hydrogen-bond donors (Lipinski definition) is 2. The summed E-state index contributed by atoms with van der Waals surface area (Å²) < 4.78 is 0. The topological polar surface area (TPSA) is 81.1 Å². The molecule has 0 radical (unpaired) electrons. The summed E-state index contributed by atoms with van der Waals surface area (Å²) in [5.74, 6) is -0.706. The van der Waals surface area contributed by atoms with Gasteiger partial charge < -0.3 is 15.1 Å². The maximum Gasteiger partial charge on any atom is 0.320 e. The molecule has 1 amide bonds. The number of rotatable bonds is 4. The summed E-state index contributed by atoms with van der Waals surface area (Å²) >= 11 is 0. The lowest BCUT2D eigenvalue weighted by molar-refractivity contribution is -0.142. The minimum atomic E-state index is -0.733. The van der Waals surface area contributed by atoms with Crippen molar-refractivity contribution in [3.05, 3.63) is 29.8 Å². The Morgan fingerprint density at radius 3 is 2.60 bits per heavy atom. The number of likely N-dealkylation sites (tertiary alicyclic amines) is 2. The average Bonchev–Trinajstić information content (AvgIpc) is 2.94. The number of aliphatic carboxylic acids is 1. The number of nitrogens with zero attached hydrogens (tertiary/aromatic N) is 2. The zero-order valence-electron chi connectivity index (χ0n) is 14.6. The normalized spacial score (nSPS) is 23.1. The molecule has 6 nitrogen and oxygen atoms in total. The fourth-order valence-corrected chi connectivity index (χ4v) is 4.28. The van der Waals surface area contributed by atoms with Crippen LogP contribution in [0.1, 0.15) is 43.0 Å². The van der Waals surface area contributed by atoms with Gasteiger partial charge in [0.2, 0.25) is 0 Å². The van der Waals surface area contributed by atoms with Gasteiger partial charge in [-0.05, 0) is 55.8 Å². The molecule has 1 aromatic rings. The number of carboxylic acids is 1. The molecule has 2 saturated heterocycles. The van der Waals surface area contributed by atoms with Gasteiger partial charge in [0, 0.05) is 25.2 Å². The molecule has 25 heavy (non-hydrogen) atoms. The first-order valence-corrected chi connectivity index (χ1v) is 8.99. The van der Waals surface area contributed by atoms with Crippen LogP contribution < -0.4 is 0 Å². The Morgan fingerprint density at radius 1 is 1.28 bits per heavy atom. The second kappa shape index (κ2) is 7.04. The van der Waals surface area contributed by atoms with Crippen LogP contribution in [0.3, 0.4) is 0 Å². The van der Waals surface area contributed by atoms with E-state index in [0.29, 0.717) is 25.1 Å². The number of benzene rings is 1. The van der Waals surface area contributed by atoms with Gasteiger partial charge in [0.15, 0.2) is 0 Å². The van der Waals surface area contributed by atoms with Crippen molar-refractivity contribution in [2.24, 2.45) is 5.41 Å².